The zero-order valence-corrected chi connectivity index (χ0v) is 11.1. The van der Waals surface area contributed by atoms with Gasteiger partial charge in [-0.3, -0.25) is 0 Å². The van der Waals surface area contributed by atoms with Crippen molar-refractivity contribution in [1.82, 2.24) is 4.90 Å². The molecule has 2 rings (SSSR count). The minimum absolute atomic E-state index is 0.776. The molecule has 0 spiro atoms. The van der Waals surface area contributed by atoms with Gasteiger partial charge in [-0.2, -0.15) is 0 Å². The van der Waals surface area contributed by atoms with Crippen molar-refractivity contribution in [2.75, 3.05) is 25.0 Å². The van der Waals surface area contributed by atoms with Gasteiger partial charge in [0.05, 0.1) is 10.7 Å². The lowest BCUT2D eigenvalue weighted by Gasteiger charge is -2.37. The molecule has 0 aliphatic carbocycles. The summed E-state index contributed by atoms with van der Waals surface area (Å²) in [5.41, 5.74) is 2.23. The summed E-state index contributed by atoms with van der Waals surface area (Å²) in [7, 11) is 2.03. The molecule has 16 heavy (non-hydrogen) atoms. The van der Waals surface area contributed by atoms with Crippen molar-refractivity contribution < 1.29 is 0 Å². The Kier molecular flexibility index (Phi) is 3.36. The van der Waals surface area contributed by atoms with E-state index in [9.17, 15) is 0 Å². The van der Waals surface area contributed by atoms with Crippen molar-refractivity contribution >= 4 is 34.6 Å². The lowest BCUT2D eigenvalue weighted by molar-refractivity contribution is 0.460. The quantitative estimate of drug-likeness (QED) is 0.712. The van der Waals surface area contributed by atoms with Gasteiger partial charge in [-0.25, -0.2) is 0 Å². The highest BCUT2D eigenvalue weighted by Crippen LogP contribution is 2.31. The van der Waals surface area contributed by atoms with Crippen molar-refractivity contribution in [2.45, 2.75) is 13.3 Å². The van der Waals surface area contributed by atoms with Gasteiger partial charge in [0.25, 0.3) is 0 Å². The number of nitrogens with zero attached hydrogens (tertiary/aromatic N) is 2. The lowest BCUT2D eigenvalue weighted by atomic mass is 10.1. The van der Waals surface area contributed by atoms with Crippen LogP contribution in [0.3, 0.4) is 0 Å². The van der Waals surface area contributed by atoms with Crippen LogP contribution in [0.5, 0.6) is 0 Å². The molecule has 1 fully saturated rings. The predicted molar refractivity (Wildman–Crippen MR) is 73.4 cm³/mol. The number of hydrogen-bond acceptors (Lipinski definition) is 1. The second-order valence-electron chi connectivity index (χ2n) is 4.11. The molecule has 0 bridgehead atoms. The fraction of sp³-hybridized carbons (Fsp3) is 0.417. The van der Waals surface area contributed by atoms with E-state index in [0.717, 1.165) is 35.3 Å². The zero-order valence-electron chi connectivity index (χ0n) is 9.53. The molecule has 1 aliphatic heterocycles. The Labute approximate surface area is 107 Å². The molecule has 1 saturated heterocycles. The fourth-order valence-electron chi connectivity index (χ4n) is 2.04. The highest BCUT2D eigenvalue weighted by Gasteiger charge is 2.23. The summed E-state index contributed by atoms with van der Waals surface area (Å²) in [5.74, 6) is 0. The number of aryl methyl sites for hydroxylation is 1. The summed E-state index contributed by atoms with van der Waals surface area (Å²) in [6.07, 6.45) is 1.11. The van der Waals surface area contributed by atoms with Crippen molar-refractivity contribution in [2.24, 2.45) is 0 Å². The Morgan fingerprint density at radius 3 is 2.75 bits per heavy atom. The summed E-state index contributed by atoms with van der Waals surface area (Å²) < 4.78 is 0. The molecule has 1 heterocycles. The second kappa shape index (κ2) is 4.60. The van der Waals surface area contributed by atoms with Crippen LogP contribution < -0.4 is 4.90 Å². The van der Waals surface area contributed by atoms with E-state index in [4.69, 9.17) is 23.8 Å². The Bertz CT molecular complexity index is 399. The Morgan fingerprint density at radius 1 is 1.31 bits per heavy atom. The molecule has 0 aromatic heterocycles. The highest BCUT2D eigenvalue weighted by molar-refractivity contribution is 7.80. The van der Waals surface area contributed by atoms with Crippen molar-refractivity contribution in [3.8, 4) is 0 Å². The number of thiocarbonyl (C=S) groups is 1. The molecular formula is C12H15ClN2S. The van der Waals surface area contributed by atoms with Gasteiger partial charge in [0.2, 0.25) is 0 Å². The number of halogens is 1. The lowest BCUT2D eigenvalue weighted by Crippen LogP contribution is -2.47. The molecule has 4 heteroatoms. The van der Waals surface area contributed by atoms with E-state index in [1.165, 1.54) is 5.56 Å². The number of rotatable bonds is 1. The molecule has 1 aromatic rings. The largest absolute Gasteiger partial charge is 0.352 e. The first-order valence-corrected chi connectivity index (χ1v) is 6.17. The van der Waals surface area contributed by atoms with Gasteiger partial charge < -0.3 is 9.80 Å². The number of hydrogen-bond donors (Lipinski definition) is 0. The molecule has 1 aromatic carbocycles. The van der Waals surface area contributed by atoms with E-state index in [1.807, 2.05) is 19.2 Å². The van der Waals surface area contributed by atoms with Crippen LogP contribution in [-0.2, 0) is 0 Å². The van der Waals surface area contributed by atoms with Crippen LogP contribution in [-0.4, -0.2) is 30.1 Å². The maximum atomic E-state index is 6.26. The Morgan fingerprint density at radius 2 is 2.06 bits per heavy atom. The number of benzene rings is 1. The third-order valence-electron chi connectivity index (χ3n) is 2.89. The Balaban J connectivity index is 2.40. The molecule has 0 atom stereocenters. The van der Waals surface area contributed by atoms with E-state index in [1.54, 1.807) is 0 Å². The van der Waals surface area contributed by atoms with Crippen molar-refractivity contribution in [3.63, 3.8) is 0 Å². The summed E-state index contributed by atoms with van der Waals surface area (Å²) in [4.78, 5) is 4.23. The molecular weight excluding hydrogens is 240 g/mol. The van der Waals surface area contributed by atoms with Gasteiger partial charge in [0, 0.05) is 20.1 Å². The van der Waals surface area contributed by atoms with Crippen LogP contribution >= 0.6 is 23.8 Å². The van der Waals surface area contributed by atoms with Crippen molar-refractivity contribution in [1.29, 1.82) is 0 Å². The van der Waals surface area contributed by atoms with Gasteiger partial charge in [0.1, 0.15) is 0 Å². The van der Waals surface area contributed by atoms with Gasteiger partial charge in [-0.1, -0.05) is 23.7 Å². The molecule has 0 N–H and O–H groups in total. The van der Waals surface area contributed by atoms with Gasteiger partial charge in [-0.15, -0.1) is 0 Å². The SMILES string of the molecule is Cc1cccc(Cl)c1N1CCCN(C)C1=S. The van der Waals surface area contributed by atoms with Crippen LogP contribution in [0.1, 0.15) is 12.0 Å². The van der Waals surface area contributed by atoms with Gasteiger partial charge in [-0.05, 0) is 37.2 Å². The molecule has 0 radical (unpaired) electrons. The van der Waals surface area contributed by atoms with Crippen molar-refractivity contribution in [3.05, 3.63) is 28.8 Å². The van der Waals surface area contributed by atoms with Gasteiger partial charge >= 0.3 is 0 Å². The normalized spacial score (nSPS) is 16.8. The van der Waals surface area contributed by atoms with Crippen LogP contribution in [0.2, 0.25) is 5.02 Å². The van der Waals surface area contributed by atoms with Crippen LogP contribution in [0.25, 0.3) is 0 Å². The third-order valence-corrected chi connectivity index (χ3v) is 3.73. The van der Waals surface area contributed by atoms with E-state index in [2.05, 4.69) is 22.8 Å². The summed E-state index contributed by atoms with van der Waals surface area (Å²) in [5, 5.41) is 1.64. The van der Waals surface area contributed by atoms with Crippen LogP contribution in [0.4, 0.5) is 5.69 Å². The standard InChI is InChI=1S/C12H15ClN2S/c1-9-5-3-6-10(13)11(9)15-8-4-7-14(2)12(15)16/h3,5-6H,4,7-8H2,1-2H3. The molecule has 1 aliphatic rings. The first-order valence-electron chi connectivity index (χ1n) is 5.39. The summed E-state index contributed by atoms with van der Waals surface area (Å²) >= 11 is 11.7. The third kappa shape index (κ3) is 2.02. The summed E-state index contributed by atoms with van der Waals surface area (Å²) in [6.45, 7) is 4.05. The number of anilines is 1. The molecule has 0 saturated carbocycles. The maximum Gasteiger partial charge on any atom is 0.175 e. The minimum Gasteiger partial charge on any atom is -0.352 e. The summed E-state index contributed by atoms with van der Waals surface area (Å²) in [6, 6.07) is 5.96. The van der Waals surface area contributed by atoms with E-state index in [-0.39, 0.29) is 0 Å². The monoisotopic (exact) mass is 254 g/mol. The van der Waals surface area contributed by atoms with E-state index < -0.39 is 0 Å². The average Bonchev–Trinajstić information content (AvgIpc) is 2.24. The fourth-order valence-corrected chi connectivity index (χ4v) is 2.63. The maximum absolute atomic E-state index is 6.26. The van der Waals surface area contributed by atoms with E-state index in [0.29, 0.717) is 0 Å². The second-order valence-corrected chi connectivity index (χ2v) is 4.89. The smallest absolute Gasteiger partial charge is 0.175 e. The average molecular weight is 255 g/mol. The first kappa shape index (κ1) is 11.7. The molecule has 2 nitrogen and oxygen atoms in total. The topological polar surface area (TPSA) is 6.48 Å². The molecule has 0 unspecified atom stereocenters. The van der Waals surface area contributed by atoms with E-state index >= 15 is 0 Å². The first-order chi connectivity index (χ1) is 7.61. The minimum atomic E-state index is 0.776. The molecule has 0 amide bonds. The van der Waals surface area contributed by atoms with Gasteiger partial charge in [0.15, 0.2) is 5.11 Å². The number of para-hydroxylation sites is 1. The Hall–Kier alpha value is -0.800. The highest BCUT2D eigenvalue weighted by atomic mass is 35.5. The van der Waals surface area contributed by atoms with Crippen LogP contribution in [0, 0.1) is 6.92 Å². The predicted octanol–water partition coefficient (Wildman–Crippen LogP) is 3.08. The van der Waals surface area contributed by atoms with Crippen LogP contribution in [0.15, 0.2) is 18.2 Å². The zero-order chi connectivity index (χ0) is 11.7. The molecule has 86 valence electrons.